The summed E-state index contributed by atoms with van der Waals surface area (Å²) in [6.45, 7) is 3.27. The first-order chi connectivity index (χ1) is 4.31. The number of amides is 1. The molecule has 1 amide bonds. The van der Waals surface area contributed by atoms with Gasteiger partial charge in [-0.05, 0) is 6.72 Å². The van der Waals surface area contributed by atoms with Crippen LogP contribution in [0, 0.1) is 0 Å². The van der Waals surface area contributed by atoms with Gasteiger partial charge in [0, 0.05) is 7.05 Å². The molecule has 0 atom stereocenters. The molecule has 0 aliphatic heterocycles. The van der Waals surface area contributed by atoms with Gasteiger partial charge in [0.2, 0.25) is 5.91 Å². The first kappa shape index (κ1) is 7.81. The van der Waals surface area contributed by atoms with Gasteiger partial charge in [0.1, 0.15) is 12.9 Å². The number of carbonyl (C=O) groups excluding carboxylic acids is 1. The minimum atomic E-state index is -0.130. The molecule has 0 spiro atoms. The fourth-order valence-corrected chi connectivity index (χ4v) is 0.261. The van der Waals surface area contributed by atoms with E-state index < -0.39 is 0 Å². The molecular weight excluding hydrogens is 118 g/mol. The summed E-state index contributed by atoms with van der Waals surface area (Å²) in [5, 5.41) is 2.41. The van der Waals surface area contributed by atoms with E-state index in [0.717, 1.165) is 0 Å². The lowest BCUT2D eigenvalue weighted by atomic mass is 10.6. The molecule has 0 saturated heterocycles. The predicted octanol–water partition coefficient (Wildman–Crippen LogP) is -0.539. The van der Waals surface area contributed by atoms with Crippen LogP contribution in [0.4, 0.5) is 0 Å². The standard InChI is InChI=1S/C5H9N3O/c1-6-4-8-3-5(9)7-2/h4H,1,3H2,2H3,(H,7,9)/b8-4-. The van der Waals surface area contributed by atoms with Gasteiger partial charge in [-0.1, -0.05) is 0 Å². The Bertz CT molecular complexity index is 130. The molecule has 0 bridgehead atoms. The molecule has 0 aromatic rings. The van der Waals surface area contributed by atoms with Crippen LogP contribution in [-0.4, -0.2) is 32.6 Å². The number of nitrogens with zero attached hydrogens (tertiary/aromatic N) is 2. The fraction of sp³-hybridized carbons (Fsp3) is 0.400. The van der Waals surface area contributed by atoms with Crippen LogP contribution in [0.25, 0.3) is 0 Å². The average Bonchev–Trinajstić information content (AvgIpc) is 1.89. The van der Waals surface area contributed by atoms with Crippen LogP contribution in [-0.2, 0) is 4.79 Å². The number of carbonyl (C=O) groups is 1. The molecular formula is C5H9N3O. The SMILES string of the molecule is C=N/C=N\CC(=O)NC. The van der Waals surface area contributed by atoms with E-state index in [4.69, 9.17) is 0 Å². The Morgan fingerprint density at radius 3 is 3.00 bits per heavy atom. The van der Waals surface area contributed by atoms with E-state index in [-0.39, 0.29) is 12.5 Å². The van der Waals surface area contributed by atoms with E-state index in [1.54, 1.807) is 7.05 Å². The first-order valence-electron chi connectivity index (χ1n) is 2.46. The Labute approximate surface area is 53.7 Å². The zero-order valence-corrected chi connectivity index (χ0v) is 5.29. The van der Waals surface area contributed by atoms with Crippen molar-refractivity contribution in [1.82, 2.24) is 5.32 Å². The second-order valence-electron chi connectivity index (χ2n) is 1.31. The van der Waals surface area contributed by atoms with Crippen molar-refractivity contribution in [1.29, 1.82) is 0 Å². The lowest BCUT2D eigenvalue weighted by molar-refractivity contribution is -0.119. The molecule has 0 saturated carbocycles. The highest BCUT2D eigenvalue weighted by atomic mass is 16.1. The maximum absolute atomic E-state index is 10.4. The highest BCUT2D eigenvalue weighted by molar-refractivity contribution is 5.79. The van der Waals surface area contributed by atoms with Crippen LogP contribution in [0.3, 0.4) is 0 Å². The maximum atomic E-state index is 10.4. The van der Waals surface area contributed by atoms with Crippen molar-refractivity contribution in [2.24, 2.45) is 9.98 Å². The normalized spacial score (nSPS) is 9.44. The molecule has 1 N–H and O–H groups in total. The number of hydrogen-bond acceptors (Lipinski definition) is 2. The summed E-state index contributed by atoms with van der Waals surface area (Å²) in [5.41, 5.74) is 0. The van der Waals surface area contributed by atoms with Crippen LogP contribution in [0.5, 0.6) is 0 Å². The van der Waals surface area contributed by atoms with Crippen molar-refractivity contribution in [2.75, 3.05) is 13.6 Å². The van der Waals surface area contributed by atoms with Gasteiger partial charge in [-0.3, -0.25) is 14.8 Å². The lowest BCUT2D eigenvalue weighted by Crippen LogP contribution is -2.20. The van der Waals surface area contributed by atoms with E-state index in [1.807, 2.05) is 0 Å². The van der Waals surface area contributed by atoms with E-state index in [0.29, 0.717) is 0 Å². The molecule has 0 rings (SSSR count). The van der Waals surface area contributed by atoms with Gasteiger partial charge < -0.3 is 5.32 Å². The molecule has 0 aliphatic rings. The highest BCUT2D eigenvalue weighted by Gasteiger charge is 1.89. The Kier molecular flexibility index (Phi) is 4.30. The lowest BCUT2D eigenvalue weighted by Gasteiger charge is -1.89. The van der Waals surface area contributed by atoms with E-state index >= 15 is 0 Å². The summed E-state index contributed by atoms with van der Waals surface area (Å²) in [7, 11) is 1.55. The second kappa shape index (κ2) is 4.96. The van der Waals surface area contributed by atoms with Gasteiger partial charge >= 0.3 is 0 Å². The van der Waals surface area contributed by atoms with Crippen LogP contribution < -0.4 is 5.32 Å². The minimum Gasteiger partial charge on any atom is -0.358 e. The summed E-state index contributed by atoms with van der Waals surface area (Å²) in [4.78, 5) is 17.3. The number of hydrogen-bond donors (Lipinski definition) is 1. The molecule has 0 fully saturated rings. The molecule has 0 unspecified atom stereocenters. The van der Waals surface area contributed by atoms with Crippen LogP contribution in [0.1, 0.15) is 0 Å². The number of nitrogens with one attached hydrogen (secondary N) is 1. The third kappa shape index (κ3) is 4.67. The van der Waals surface area contributed by atoms with Gasteiger partial charge in [-0.15, -0.1) is 0 Å². The fourth-order valence-electron chi connectivity index (χ4n) is 0.261. The molecule has 50 valence electrons. The summed E-state index contributed by atoms with van der Waals surface area (Å²) >= 11 is 0. The molecule has 4 nitrogen and oxygen atoms in total. The zero-order valence-electron chi connectivity index (χ0n) is 5.29. The van der Waals surface area contributed by atoms with Crippen molar-refractivity contribution in [2.45, 2.75) is 0 Å². The Morgan fingerprint density at radius 2 is 2.56 bits per heavy atom. The Balaban J connectivity index is 3.37. The van der Waals surface area contributed by atoms with Gasteiger partial charge in [0.25, 0.3) is 0 Å². The molecule has 0 aromatic heterocycles. The third-order valence-electron chi connectivity index (χ3n) is 0.677. The maximum Gasteiger partial charge on any atom is 0.241 e. The molecule has 9 heavy (non-hydrogen) atoms. The quantitative estimate of drug-likeness (QED) is 0.402. The van der Waals surface area contributed by atoms with Crippen molar-refractivity contribution >= 4 is 19.0 Å². The number of likely N-dealkylation sites (N-methyl/N-ethyl adjacent to an activating group) is 1. The highest BCUT2D eigenvalue weighted by Crippen LogP contribution is 1.67. The molecule has 0 radical (unpaired) electrons. The zero-order chi connectivity index (χ0) is 7.11. The largest absolute Gasteiger partial charge is 0.358 e. The van der Waals surface area contributed by atoms with Crippen LogP contribution in [0.15, 0.2) is 9.98 Å². The molecule has 4 heteroatoms. The predicted molar refractivity (Wildman–Crippen MR) is 37.0 cm³/mol. The smallest absolute Gasteiger partial charge is 0.241 e. The average molecular weight is 127 g/mol. The minimum absolute atomic E-state index is 0.121. The van der Waals surface area contributed by atoms with E-state index in [2.05, 4.69) is 22.0 Å². The van der Waals surface area contributed by atoms with Gasteiger partial charge in [0.05, 0.1) is 0 Å². The van der Waals surface area contributed by atoms with Gasteiger partial charge in [-0.2, -0.15) is 0 Å². The van der Waals surface area contributed by atoms with Crippen molar-refractivity contribution < 1.29 is 4.79 Å². The number of rotatable bonds is 3. The van der Waals surface area contributed by atoms with Crippen LogP contribution >= 0.6 is 0 Å². The Hall–Kier alpha value is -1.19. The summed E-state index contributed by atoms with van der Waals surface area (Å²) in [6, 6.07) is 0. The van der Waals surface area contributed by atoms with Crippen LogP contribution in [0.2, 0.25) is 0 Å². The summed E-state index contributed by atoms with van der Waals surface area (Å²) in [5.74, 6) is -0.130. The van der Waals surface area contributed by atoms with Gasteiger partial charge in [0.15, 0.2) is 0 Å². The van der Waals surface area contributed by atoms with Crippen molar-refractivity contribution in [3.8, 4) is 0 Å². The van der Waals surface area contributed by atoms with Crippen molar-refractivity contribution in [3.05, 3.63) is 0 Å². The molecule has 0 heterocycles. The Morgan fingerprint density at radius 1 is 1.89 bits per heavy atom. The topological polar surface area (TPSA) is 53.8 Å². The van der Waals surface area contributed by atoms with Gasteiger partial charge in [-0.25, -0.2) is 0 Å². The van der Waals surface area contributed by atoms with E-state index in [1.165, 1.54) is 6.34 Å². The van der Waals surface area contributed by atoms with E-state index in [9.17, 15) is 4.79 Å². The first-order valence-corrected chi connectivity index (χ1v) is 2.46. The third-order valence-corrected chi connectivity index (χ3v) is 0.677. The molecule has 0 aromatic carbocycles. The molecule has 0 aliphatic carbocycles. The number of aliphatic imine (C=N–C) groups is 2. The van der Waals surface area contributed by atoms with Crippen molar-refractivity contribution in [3.63, 3.8) is 0 Å². The second-order valence-corrected chi connectivity index (χ2v) is 1.31. The summed E-state index contributed by atoms with van der Waals surface area (Å²) in [6.07, 6.45) is 1.25. The monoisotopic (exact) mass is 127 g/mol. The summed E-state index contributed by atoms with van der Waals surface area (Å²) < 4.78 is 0.